The van der Waals surface area contributed by atoms with Crippen LogP contribution in [0, 0.1) is 45.3 Å². The zero-order valence-corrected chi connectivity index (χ0v) is 87.2. The number of hydrogen-bond acceptors (Lipinski definition) is 23. The molecule has 0 saturated carbocycles. The van der Waals surface area contributed by atoms with E-state index in [9.17, 15) is 42.1 Å². The maximum absolute atomic E-state index is 11.9. The average Bonchev–Trinajstić information content (AvgIpc) is 1.20. The van der Waals surface area contributed by atoms with E-state index in [4.69, 9.17) is 113 Å². The first-order valence-corrected chi connectivity index (χ1v) is 54.8. The maximum atomic E-state index is 11.9. The predicted molar refractivity (Wildman–Crippen MR) is 574 cm³/mol. The van der Waals surface area contributed by atoms with Gasteiger partial charge < -0.3 is 32.2 Å². The van der Waals surface area contributed by atoms with E-state index in [0.717, 1.165) is 107 Å². The van der Waals surface area contributed by atoms with Crippen LogP contribution in [0.2, 0.25) is 20.1 Å². The number of ether oxygens (including phenoxy) is 4. The average molecular weight is 2130 g/mol. The maximum Gasteiger partial charge on any atom is 0.308 e. The van der Waals surface area contributed by atoms with E-state index in [2.05, 4.69) is 149 Å². The van der Waals surface area contributed by atoms with Gasteiger partial charge in [0.25, 0.3) is 5.95 Å². The highest BCUT2D eigenvalue weighted by Gasteiger charge is 2.31. The molecule has 0 spiro atoms. The molecule has 7 heterocycles. The minimum atomic E-state index is -3.46. The quantitative estimate of drug-likeness (QED) is 0.0225. The van der Waals surface area contributed by atoms with Crippen LogP contribution in [-0.2, 0) is 61.8 Å². The Hall–Kier alpha value is -13.3. The van der Waals surface area contributed by atoms with Gasteiger partial charge >= 0.3 is 18.0 Å². The number of nitriles is 4. The van der Waals surface area contributed by atoms with E-state index < -0.39 is 55.4 Å². The van der Waals surface area contributed by atoms with Crippen LogP contribution < -0.4 is 37.8 Å². The summed E-state index contributed by atoms with van der Waals surface area (Å²) < 4.78 is 109. The molecule has 0 aliphatic heterocycles. The molecule has 7 aromatic heterocycles. The van der Waals surface area contributed by atoms with Crippen molar-refractivity contribution in [1.29, 1.82) is 21.0 Å². The van der Waals surface area contributed by atoms with Crippen LogP contribution >= 0.6 is 81.2 Å². The highest BCUT2D eigenvalue weighted by Crippen LogP contribution is 2.45. The van der Waals surface area contributed by atoms with Gasteiger partial charge in [0.2, 0.25) is 21.4 Å². The summed E-state index contributed by atoms with van der Waals surface area (Å²) >= 11 is 42.9. The molecule has 0 saturated heterocycles. The molecule has 0 aliphatic rings. The van der Waals surface area contributed by atoms with Gasteiger partial charge in [-0.25, -0.2) is 40.5 Å². The van der Waals surface area contributed by atoms with E-state index >= 15 is 0 Å². The third-order valence-corrected chi connectivity index (χ3v) is 26.2. The molecule has 0 amide bonds. The normalized spacial score (nSPS) is 12.8. The van der Waals surface area contributed by atoms with Crippen LogP contribution in [0.4, 0.5) is 24.0 Å². The van der Waals surface area contributed by atoms with Crippen molar-refractivity contribution in [3.8, 4) is 91.8 Å². The van der Waals surface area contributed by atoms with Gasteiger partial charge in [-0.1, -0.05) is 198 Å². The molecule has 0 fully saturated rings. The molecule has 3 unspecified atom stereocenters. The zero-order valence-electron chi connectivity index (χ0n) is 78.7. The van der Waals surface area contributed by atoms with E-state index in [-0.39, 0.29) is 43.8 Å². The number of nitrogens with zero attached hydrogens (tertiary/aromatic N) is 12. The fourth-order valence-corrected chi connectivity index (χ4v) is 18.1. The Morgan fingerprint density at radius 1 is 0.394 bits per heavy atom. The van der Waals surface area contributed by atoms with Crippen molar-refractivity contribution in [2.24, 2.45) is 0 Å². The SMILES string of the molecule is C=S(C)(=O)Nc1nc2cc(-c3ccc(C(C)(C)c4cc(Cl)c(OCCCl)c(C#N)c4)cc3)ccc2o1.C=S(C)(=O)Nc1nc2cc(-c3ccc(C(C)(C)c4cc(Cl)c(OCCCl)c(C#N)c4)cc3)cnc2o1.C=S(C)(=O)Nc1nc2ncc(-c3ccc(C(C)(C)c4cc(Cl)c(OCCCl)c(C#N)c4)cc3)cc2o1.CCCOc1c(Cl)cc(Cc2ccc(-c3cc4cnc(NS(C)(=O)=O)nn4c3)cc2)cc1C#N. The first-order valence-electron chi connectivity index (χ1n) is 43.4. The van der Waals surface area contributed by atoms with Crippen molar-refractivity contribution in [2.45, 2.75) is 77.6 Å². The first-order chi connectivity index (χ1) is 67.3. The molecule has 142 heavy (non-hydrogen) atoms. The third-order valence-electron chi connectivity index (χ3n) is 22.2. The number of rotatable bonds is 32. The Labute approximate surface area is 858 Å². The van der Waals surface area contributed by atoms with Crippen molar-refractivity contribution in [2.75, 3.05) is 88.0 Å². The predicted octanol–water partition coefficient (Wildman–Crippen LogP) is 23.4. The Morgan fingerprint density at radius 2 is 0.782 bits per heavy atom. The van der Waals surface area contributed by atoms with Gasteiger partial charge in [0.15, 0.2) is 34.2 Å². The van der Waals surface area contributed by atoms with E-state index in [1.807, 2.05) is 171 Å². The molecule has 16 aromatic rings. The van der Waals surface area contributed by atoms with Crippen molar-refractivity contribution in [3.63, 3.8) is 0 Å². The van der Waals surface area contributed by atoms with Crippen molar-refractivity contribution < 1.29 is 53.2 Å². The van der Waals surface area contributed by atoms with Crippen LogP contribution in [0.15, 0.2) is 220 Å². The van der Waals surface area contributed by atoms with Gasteiger partial charge in [-0.2, -0.15) is 36.0 Å². The smallest absolute Gasteiger partial charge is 0.308 e. The summed E-state index contributed by atoms with van der Waals surface area (Å²) in [5.41, 5.74) is 19.2. The number of nitrogens with one attached hydrogen (secondary N) is 4. The number of halogens is 7. The van der Waals surface area contributed by atoms with Crippen molar-refractivity contribution in [3.05, 3.63) is 294 Å². The third kappa shape index (κ3) is 26.5. The lowest BCUT2D eigenvalue weighted by Gasteiger charge is -2.27. The van der Waals surface area contributed by atoms with Crippen molar-refractivity contribution >= 4 is 201 Å². The standard InChI is InChI=1S/C27H25Cl2N3O3S.2C26H24Cl2N4O3S.C24H22ClN5O3S/c1-27(2,21-13-19(16-30)25(22(29)15-21)34-12-11-28)20-8-5-17(6-9-20)18-7-10-24-23(14-18)31-26(35-24)32-36(3,4)33;1-26(2,20-11-17(14-29)23(21(28)13-20)34-10-9-27)19-7-5-16(6-8-19)18-12-22-24(30-15-18)31-25(35-22)32-36(3,4)33;1-26(2,20-11-17(14-29)23(21(28)13-20)34-10-9-27)19-7-5-16(6-8-19)18-12-22-24(30-15-18)35-25(31-22)32-36(3,4)33;1-3-8-33-23-19(13-26)10-17(11-22(23)25)9-16-4-6-18(7-5-16)20-12-21-14-27-24(28-30(21)15-20)29-34(2,31)32/h5-10,13-15H,3,11-12H2,1-2,4H3,(H,31,32,33);5-8,11-13,15H,3,9-10H2,1-2,4H3,(H,30,31,32,33);5-8,11-13,15H,3,9-10H2,1-2,4H3,(H,31,32,33);4-7,10-12,14-15H,3,8-9H2,1-2H3,(H,28,29). The molecule has 9 aromatic carbocycles. The number of hydrogen-bond donors (Lipinski definition) is 4. The summed E-state index contributed by atoms with van der Waals surface area (Å²) in [4.78, 5) is 25.6. The molecule has 0 bridgehead atoms. The molecule has 0 aliphatic carbocycles. The second kappa shape index (κ2) is 44.9. The Kier molecular flexibility index (Phi) is 33.5. The van der Waals surface area contributed by atoms with Gasteiger partial charge in [-0.05, 0) is 182 Å². The fourth-order valence-electron chi connectivity index (χ4n) is 15.0. The summed E-state index contributed by atoms with van der Waals surface area (Å²) in [5, 5.41) is 44.2. The topological polar surface area (TPSA) is 400 Å². The molecule has 39 heteroatoms. The Bertz CT molecular complexity index is 7530. The Morgan fingerprint density at radius 3 is 1.23 bits per heavy atom. The summed E-state index contributed by atoms with van der Waals surface area (Å²) in [6, 6.07) is 67.3. The number of benzene rings is 9. The molecule has 4 N–H and O–H groups in total. The zero-order chi connectivity index (χ0) is 103. The van der Waals surface area contributed by atoms with Gasteiger partial charge in [-0.3, -0.25) is 18.9 Å². The van der Waals surface area contributed by atoms with Crippen LogP contribution in [0.25, 0.3) is 83.6 Å². The number of pyridine rings is 2. The molecule has 28 nitrogen and oxygen atoms in total. The largest absolute Gasteiger partial charge is 0.491 e. The van der Waals surface area contributed by atoms with Gasteiger partial charge in [0.1, 0.15) is 55.1 Å². The summed E-state index contributed by atoms with van der Waals surface area (Å²) in [6.45, 7) is 15.7. The lowest BCUT2D eigenvalue weighted by atomic mass is 9.77. The van der Waals surface area contributed by atoms with Gasteiger partial charge in [-0.15, -0.1) is 39.9 Å². The monoisotopic (exact) mass is 2120 g/mol. The molecular weight excluding hydrogens is 2030 g/mol. The van der Waals surface area contributed by atoms with Crippen molar-refractivity contribution in [1.82, 2.24) is 39.5 Å². The van der Waals surface area contributed by atoms with Crippen LogP contribution in [0.3, 0.4) is 0 Å². The number of aromatic nitrogens is 8. The molecule has 0 radical (unpaired) electrons. The van der Waals surface area contributed by atoms with E-state index in [1.54, 1.807) is 35.2 Å². The Balaban J connectivity index is 0.000000159. The van der Waals surface area contributed by atoms with Gasteiger partial charge in [0.05, 0.1) is 84.6 Å². The highest BCUT2D eigenvalue weighted by atomic mass is 35.5. The lowest BCUT2D eigenvalue weighted by molar-refractivity contribution is 0.316. The number of oxazole rings is 3. The van der Waals surface area contributed by atoms with E-state index in [0.29, 0.717) is 130 Å². The number of alkyl halides is 3. The number of sulfonamides is 1. The number of fused-ring (bicyclic) bond motifs is 4. The van der Waals surface area contributed by atoms with Crippen LogP contribution in [-0.4, -0.2) is 147 Å². The van der Waals surface area contributed by atoms with Gasteiger partial charge in [0, 0.05) is 99.4 Å². The summed E-state index contributed by atoms with van der Waals surface area (Å²) in [7, 11) is -11.0. The number of anilines is 4. The summed E-state index contributed by atoms with van der Waals surface area (Å²) in [5.74, 6) is 13.0. The lowest BCUT2D eigenvalue weighted by Crippen LogP contribution is -2.19. The van der Waals surface area contributed by atoms with Crippen LogP contribution in [0.5, 0.6) is 23.0 Å². The fraction of sp³-hybridized carbons (Fsp3) is 0.223. The minimum absolute atomic E-state index is 0.00834. The van der Waals surface area contributed by atoms with Crippen LogP contribution in [0.1, 0.15) is 122 Å². The second-order valence-electron chi connectivity index (χ2n) is 34.6. The summed E-state index contributed by atoms with van der Waals surface area (Å²) in [6.07, 6.45) is 13.7. The first kappa shape index (κ1) is 106. The molecule has 732 valence electrons. The minimum Gasteiger partial charge on any atom is -0.491 e. The molecule has 3 atom stereocenters. The molecular formula is C103H95Cl7N16O12S4. The van der Waals surface area contributed by atoms with E-state index in [1.165, 1.54) is 18.8 Å². The second-order valence-corrected chi connectivity index (χ2v) is 45.7. The molecule has 16 rings (SSSR count). The highest BCUT2D eigenvalue weighted by molar-refractivity contribution is 8.01.